The van der Waals surface area contributed by atoms with Gasteiger partial charge in [0.2, 0.25) is 10.0 Å². The predicted octanol–water partition coefficient (Wildman–Crippen LogP) is 1.04. The van der Waals surface area contributed by atoms with Gasteiger partial charge < -0.3 is 18.9 Å². The van der Waals surface area contributed by atoms with E-state index in [1.54, 1.807) is 24.1 Å². The van der Waals surface area contributed by atoms with E-state index in [1.165, 1.54) is 4.31 Å². The zero-order valence-electron chi connectivity index (χ0n) is 14.2. The van der Waals surface area contributed by atoms with Gasteiger partial charge in [0.15, 0.2) is 16.4 Å². The molecule has 0 unspecified atom stereocenters. The highest BCUT2D eigenvalue weighted by atomic mass is 32.2. The maximum absolute atomic E-state index is 13.0. The van der Waals surface area contributed by atoms with Crippen LogP contribution in [0.5, 0.6) is 0 Å². The fourth-order valence-electron chi connectivity index (χ4n) is 3.00. The van der Waals surface area contributed by atoms with E-state index in [9.17, 15) is 8.42 Å². The van der Waals surface area contributed by atoms with E-state index in [-0.39, 0.29) is 10.7 Å². The van der Waals surface area contributed by atoms with Crippen molar-refractivity contribution in [1.29, 1.82) is 0 Å². The summed E-state index contributed by atoms with van der Waals surface area (Å²) in [7, 11) is 0.0157. The SMILES string of the molecule is Cc1noc(/C=C/N(C)C)c1S(=O)(=O)N1CCC2(CC1)OCCO2. The minimum Gasteiger partial charge on any atom is -0.383 e. The summed E-state index contributed by atoms with van der Waals surface area (Å²) in [6, 6.07) is 0. The highest BCUT2D eigenvalue weighted by Crippen LogP contribution is 2.34. The summed E-state index contributed by atoms with van der Waals surface area (Å²) in [6.07, 6.45) is 4.39. The quantitative estimate of drug-likeness (QED) is 0.796. The largest absolute Gasteiger partial charge is 0.383 e. The normalized spacial score (nSPS) is 21.8. The van der Waals surface area contributed by atoms with Gasteiger partial charge in [0.05, 0.1) is 13.2 Å². The number of nitrogens with zero attached hydrogens (tertiary/aromatic N) is 3. The number of sulfonamides is 1. The van der Waals surface area contributed by atoms with E-state index in [0.29, 0.717) is 44.8 Å². The summed E-state index contributed by atoms with van der Waals surface area (Å²) in [5.41, 5.74) is 0.363. The molecule has 3 heterocycles. The number of ether oxygens (including phenoxy) is 2. The van der Waals surface area contributed by atoms with Gasteiger partial charge in [-0.1, -0.05) is 5.16 Å². The van der Waals surface area contributed by atoms with E-state index in [4.69, 9.17) is 14.0 Å². The molecule has 2 fully saturated rings. The zero-order chi connectivity index (χ0) is 17.4. The molecule has 0 aliphatic carbocycles. The van der Waals surface area contributed by atoms with E-state index in [1.807, 2.05) is 14.1 Å². The van der Waals surface area contributed by atoms with Crippen LogP contribution in [0.3, 0.4) is 0 Å². The third-order valence-electron chi connectivity index (χ3n) is 4.25. The third-order valence-corrected chi connectivity index (χ3v) is 6.31. The van der Waals surface area contributed by atoms with Gasteiger partial charge in [0.25, 0.3) is 0 Å². The molecule has 1 aromatic heterocycles. The van der Waals surface area contributed by atoms with E-state index < -0.39 is 15.8 Å². The summed E-state index contributed by atoms with van der Waals surface area (Å²) in [6.45, 7) is 3.47. The smallest absolute Gasteiger partial charge is 0.248 e. The van der Waals surface area contributed by atoms with Crippen LogP contribution in [0.2, 0.25) is 0 Å². The minimum absolute atomic E-state index is 0.129. The Morgan fingerprint density at radius 3 is 2.42 bits per heavy atom. The number of rotatable bonds is 4. The van der Waals surface area contributed by atoms with Crippen LogP contribution in [0.25, 0.3) is 6.08 Å². The van der Waals surface area contributed by atoms with Crippen LogP contribution in [0, 0.1) is 6.92 Å². The molecular formula is C15H23N3O5S. The molecule has 0 amide bonds. The fourth-order valence-corrected chi connectivity index (χ4v) is 4.69. The van der Waals surface area contributed by atoms with Gasteiger partial charge in [-0.2, -0.15) is 4.31 Å². The van der Waals surface area contributed by atoms with Crippen LogP contribution in [0.1, 0.15) is 24.3 Å². The topological polar surface area (TPSA) is 85.1 Å². The minimum atomic E-state index is -3.68. The second-order valence-corrected chi connectivity index (χ2v) is 8.13. The average Bonchev–Trinajstić information content (AvgIpc) is 3.13. The van der Waals surface area contributed by atoms with Crippen LogP contribution in [-0.4, -0.2) is 69.0 Å². The molecule has 134 valence electrons. The van der Waals surface area contributed by atoms with Gasteiger partial charge in [-0.05, 0) is 6.92 Å². The first-order valence-corrected chi connectivity index (χ1v) is 9.37. The van der Waals surface area contributed by atoms with Crippen LogP contribution in [-0.2, 0) is 19.5 Å². The van der Waals surface area contributed by atoms with Crippen LogP contribution >= 0.6 is 0 Å². The lowest BCUT2D eigenvalue weighted by atomic mass is 10.1. The molecule has 24 heavy (non-hydrogen) atoms. The summed E-state index contributed by atoms with van der Waals surface area (Å²) < 4.78 is 44.0. The van der Waals surface area contributed by atoms with Crippen molar-refractivity contribution in [3.05, 3.63) is 17.7 Å². The molecule has 0 saturated carbocycles. The van der Waals surface area contributed by atoms with E-state index >= 15 is 0 Å². The Hall–Kier alpha value is -1.42. The first-order valence-electron chi connectivity index (χ1n) is 7.93. The molecule has 2 saturated heterocycles. The molecule has 0 radical (unpaired) electrons. The molecule has 2 aliphatic heterocycles. The Labute approximate surface area is 142 Å². The molecule has 0 bridgehead atoms. The van der Waals surface area contributed by atoms with Gasteiger partial charge in [-0.15, -0.1) is 0 Å². The molecule has 1 spiro atoms. The number of aryl methyl sites for hydroxylation is 1. The predicted molar refractivity (Wildman–Crippen MR) is 86.6 cm³/mol. The lowest BCUT2D eigenvalue weighted by molar-refractivity contribution is -0.179. The number of hydrogen-bond donors (Lipinski definition) is 0. The monoisotopic (exact) mass is 357 g/mol. The maximum atomic E-state index is 13.0. The van der Waals surface area contributed by atoms with Gasteiger partial charge in [0.1, 0.15) is 5.69 Å². The summed E-state index contributed by atoms with van der Waals surface area (Å²) in [5, 5.41) is 3.83. The van der Waals surface area contributed by atoms with Crippen molar-refractivity contribution in [3.8, 4) is 0 Å². The van der Waals surface area contributed by atoms with Gasteiger partial charge in [0, 0.05) is 52.3 Å². The van der Waals surface area contributed by atoms with Gasteiger partial charge in [-0.25, -0.2) is 8.42 Å². The maximum Gasteiger partial charge on any atom is 0.248 e. The van der Waals surface area contributed by atoms with Crippen molar-refractivity contribution in [2.75, 3.05) is 40.4 Å². The summed E-state index contributed by atoms with van der Waals surface area (Å²) in [5.74, 6) is -0.363. The Balaban J connectivity index is 1.82. The zero-order valence-corrected chi connectivity index (χ0v) is 15.0. The second kappa shape index (κ2) is 6.47. The molecular weight excluding hydrogens is 334 g/mol. The van der Waals surface area contributed by atoms with Crippen molar-refractivity contribution in [3.63, 3.8) is 0 Å². The third kappa shape index (κ3) is 3.21. The van der Waals surface area contributed by atoms with Crippen LogP contribution in [0.15, 0.2) is 15.6 Å². The van der Waals surface area contributed by atoms with Crippen molar-refractivity contribution < 1.29 is 22.4 Å². The summed E-state index contributed by atoms with van der Waals surface area (Å²) >= 11 is 0. The van der Waals surface area contributed by atoms with Crippen molar-refractivity contribution in [1.82, 2.24) is 14.4 Å². The molecule has 2 aliphatic rings. The Kier molecular flexibility index (Phi) is 4.69. The molecule has 0 N–H and O–H groups in total. The lowest BCUT2D eigenvalue weighted by Gasteiger charge is -2.36. The van der Waals surface area contributed by atoms with Gasteiger partial charge in [-0.3, -0.25) is 0 Å². The first-order chi connectivity index (χ1) is 11.3. The Morgan fingerprint density at radius 1 is 1.21 bits per heavy atom. The Morgan fingerprint density at radius 2 is 1.83 bits per heavy atom. The molecule has 9 heteroatoms. The Bertz CT molecular complexity index is 709. The number of aromatic nitrogens is 1. The highest BCUT2D eigenvalue weighted by molar-refractivity contribution is 7.89. The molecule has 0 atom stereocenters. The second-order valence-electron chi connectivity index (χ2n) is 6.25. The van der Waals surface area contributed by atoms with Crippen LogP contribution < -0.4 is 0 Å². The van der Waals surface area contributed by atoms with Crippen LogP contribution in [0.4, 0.5) is 0 Å². The fraction of sp³-hybridized carbons (Fsp3) is 0.667. The lowest BCUT2D eigenvalue weighted by Crippen LogP contribution is -2.47. The van der Waals surface area contributed by atoms with Crippen molar-refractivity contribution >= 4 is 16.1 Å². The molecule has 0 aromatic carbocycles. The number of hydrogen-bond acceptors (Lipinski definition) is 7. The highest BCUT2D eigenvalue weighted by Gasteiger charge is 2.43. The first kappa shape index (κ1) is 17.4. The molecule has 8 nitrogen and oxygen atoms in total. The standard InChI is InChI=1S/C15H23N3O5S/c1-12-14(13(23-16-12)4-7-17(2)3)24(19,20)18-8-5-15(6-9-18)21-10-11-22-15/h4,7H,5-6,8-11H2,1-3H3/b7-4+. The van der Waals surface area contributed by atoms with E-state index in [2.05, 4.69) is 5.16 Å². The van der Waals surface area contributed by atoms with Crippen molar-refractivity contribution in [2.45, 2.75) is 30.4 Å². The molecule has 1 aromatic rings. The van der Waals surface area contributed by atoms with Gasteiger partial charge >= 0.3 is 0 Å². The average molecular weight is 357 g/mol. The molecule has 3 rings (SSSR count). The van der Waals surface area contributed by atoms with E-state index in [0.717, 1.165) is 0 Å². The number of piperidine rings is 1. The van der Waals surface area contributed by atoms with Crippen molar-refractivity contribution in [2.24, 2.45) is 0 Å². The summed E-state index contributed by atoms with van der Waals surface area (Å²) in [4.78, 5) is 1.93.